The van der Waals surface area contributed by atoms with Crippen LogP contribution in [0.3, 0.4) is 0 Å². The van der Waals surface area contributed by atoms with Gasteiger partial charge in [-0.15, -0.1) is 0 Å². The molecule has 2 N–H and O–H groups in total. The maximum absolute atomic E-state index is 11.9. The number of nitrogens with one attached hydrogen (secondary N) is 2. The van der Waals surface area contributed by atoms with E-state index in [1.165, 1.54) is 0 Å². The van der Waals surface area contributed by atoms with Gasteiger partial charge >= 0.3 is 0 Å². The summed E-state index contributed by atoms with van der Waals surface area (Å²) in [6.45, 7) is 13.6. The minimum absolute atomic E-state index is 0.0906. The van der Waals surface area contributed by atoms with Gasteiger partial charge in [0.05, 0.1) is 5.41 Å². The summed E-state index contributed by atoms with van der Waals surface area (Å²) in [5, 5.41) is 10.6. The summed E-state index contributed by atoms with van der Waals surface area (Å²) in [4.78, 5) is 38.1. The average Bonchev–Trinajstić information content (AvgIpc) is 2.47. The highest BCUT2D eigenvalue weighted by Gasteiger charge is 2.29. The Hall–Kier alpha value is -2.41. The zero-order chi connectivity index (χ0) is 18.8. The van der Waals surface area contributed by atoms with E-state index in [0.29, 0.717) is 38.5 Å². The molecule has 2 amide bonds. The summed E-state index contributed by atoms with van der Waals surface area (Å²) < 4.78 is 0. The van der Waals surface area contributed by atoms with Gasteiger partial charge in [0.1, 0.15) is 5.78 Å². The molecule has 0 atom stereocenters. The number of nitrogens with zero attached hydrogens (tertiary/aromatic N) is 2. The summed E-state index contributed by atoms with van der Waals surface area (Å²) in [6.07, 6.45) is 4.56. The molecule has 0 aliphatic rings. The minimum atomic E-state index is -0.685. The average molecular weight is 334 g/mol. The first-order chi connectivity index (χ1) is 11.1. The fourth-order valence-electron chi connectivity index (χ4n) is 2.23. The molecule has 0 unspecified atom stereocenters. The number of amides is 2. The van der Waals surface area contributed by atoms with Crippen LogP contribution in [0.5, 0.6) is 0 Å². The van der Waals surface area contributed by atoms with Crippen molar-refractivity contribution in [3.63, 3.8) is 0 Å². The maximum Gasteiger partial charge on any atom is 0.293 e. The van der Waals surface area contributed by atoms with Gasteiger partial charge in [0.25, 0.3) is 5.91 Å². The third kappa shape index (κ3) is 7.73. The zero-order valence-electron chi connectivity index (χ0n) is 14.9. The molecule has 7 heteroatoms. The van der Waals surface area contributed by atoms with Gasteiger partial charge in [0.2, 0.25) is 5.91 Å². The van der Waals surface area contributed by atoms with Gasteiger partial charge < -0.3 is 0 Å². The largest absolute Gasteiger partial charge is 0.300 e. The van der Waals surface area contributed by atoms with E-state index in [1.807, 2.05) is 0 Å². The van der Waals surface area contributed by atoms with E-state index in [9.17, 15) is 14.4 Å². The van der Waals surface area contributed by atoms with E-state index in [1.54, 1.807) is 33.9 Å². The number of carbonyl (C=O) groups is 3. The Morgan fingerprint density at radius 1 is 1.00 bits per heavy atom. The zero-order valence-corrected chi connectivity index (χ0v) is 14.9. The van der Waals surface area contributed by atoms with Crippen LogP contribution in [0, 0.1) is 28.9 Å². The molecular weight excluding hydrogens is 308 g/mol. The number of ketones is 1. The topological polar surface area (TPSA) is 103 Å². The predicted molar refractivity (Wildman–Crippen MR) is 88.8 cm³/mol. The fourth-order valence-corrected chi connectivity index (χ4v) is 2.23. The fraction of sp³-hybridized carbons (Fsp3) is 0.706. The van der Waals surface area contributed by atoms with Crippen LogP contribution >= 0.6 is 0 Å². The van der Waals surface area contributed by atoms with Gasteiger partial charge in [-0.05, 0) is 25.7 Å². The summed E-state index contributed by atoms with van der Waals surface area (Å²) in [5.41, 5.74) is 0.740. The lowest BCUT2D eigenvalue weighted by molar-refractivity contribution is -0.129. The van der Waals surface area contributed by atoms with E-state index >= 15 is 0 Å². The molecule has 0 radical (unpaired) electrons. The summed E-state index contributed by atoms with van der Waals surface area (Å²) >= 11 is 0. The standard InChI is InChI=1S/C17H26N4O3/c1-16(2,14(23)20-12-18)10-6-8-13(22)9-7-11-17(3,4)15(24)21-19-5/h6-11H2,1-4H3,(H,20,23)(H,21,24). The quantitative estimate of drug-likeness (QED) is 0.277. The van der Waals surface area contributed by atoms with Crippen molar-refractivity contribution in [3.05, 3.63) is 11.5 Å². The molecule has 0 heterocycles. The van der Waals surface area contributed by atoms with Crippen LogP contribution in [0.1, 0.15) is 66.2 Å². The number of rotatable bonds is 10. The van der Waals surface area contributed by atoms with Crippen molar-refractivity contribution in [2.24, 2.45) is 10.8 Å². The molecule has 24 heavy (non-hydrogen) atoms. The van der Waals surface area contributed by atoms with Gasteiger partial charge in [-0.1, -0.05) is 33.1 Å². The lowest BCUT2D eigenvalue weighted by Gasteiger charge is -2.21. The molecule has 0 aromatic heterocycles. The molecule has 0 rings (SSSR count). The molecule has 0 aromatic rings. The van der Waals surface area contributed by atoms with Crippen molar-refractivity contribution in [3.8, 4) is 6.19 Å². The second-order valence-corrected chi connectivity index (χ2v) is 7.13. The molecule has 0 saturated heterocycles. The Labute approximate surface area is 143 Å². The van der Waals surface area contributed by atoms with Crippen molar-refractivity contribution >= 4 is 17.6 Å². The van der Waals surface area contributed by atoms with E-state index in [0.717, 1.165) is 0 Å². The molecule has 132 valence electrons. The number of Topliss-reactive ketones (excluding diaryl/α,β-unsaturated/α-hetero) is 1. The van der Waals surface area contributed by atoms with Crippen LogP contribution < -0.4 is 10.7 Å². The molecule has 0 spiro atoms. The molecular formula is C17H26N4O3. The van der Waals surface area contributed by atoms with Crippen LogP contribution in [-0.2, 0) is 14.4 Å². The van der Waals surface area contributed by atoms with Gasteiger partial charge in [0.15, 0.2) is 6.19 Å². The molecule has 0 aliphatic heterocycles. The Morgan fingerprint density at radius 2 is 1.46 bits per heavy atom. The summed E-state index contributed by atoms with van der Waals surface area (Å²) in [7, 11) is 0. The highest BCUT2D eigenvalue weighted by Crippen LogP contribution is 2.25. The first kappa shape index (κ1) is 21.6. The number of nitriles is 1. The van der Waals surface area contributed by atoms with E-state index in [4.69, 9.17) is 11.8 Å². The van der Waals surface area contributed by atoms with E-state index in [2.05, 4.69) is 15.7 Å². The highest BCUT2D eigenvalue weighted by molar-refractivity contribution is 5.83. The number of hydrogen-bond donors (Lipinski definition) is 2. The summed E-state index contributed by atoms with van der Waals surface area (Å²) in [5.74, 6) is -0.590. The molecule has 0 bridgehead atoms. The monoisotopic (exact) mass is 334 g/mol. The maximum atomic E-state index is 11.9. The van der Waals surface area contributed by atoms with Crippen molar-refractivity contribution in [1.82, 2.24) is 10.7 Å². The lowest BCUT2D eigenvalue weighted by Crippen LogP contribution is -2.34. The third-order valence-corrected chi connectivity index (χ3v) is 4.07. The van der Waals surface area contributed by atoms with Crippen molar-refractivity contribution in [1.29, 1.82) is 5.26 Å². The molecule has 7 nitrogen and oxygen atoms in total. The lowest BCUT2D eigenvalue weighted by atomic mass is 9.84. The van der Waals surface area contributed by atoms with Crippen LogP contribution in [0.2, 0.25) is 0 Å². The minimum Gasteiger partial charge on any atom is -0.300 e. The van der Waals surface area contributed by atoms with Gasteiger partial charge in [-0.25, -0.2) is 0 Å². The normalized spacial score (nSPS) is 11.1. The Balaban J connectivity index is 4.13. The molecule has 0 fully saturated rings. The van der Waals surface area contributed by atoms with Crippen LogP contribution in [-0.4, -0.2) is 17.6 Å². The van der Waals surface area contributed by atoms with E-state index < -0.39 is 10.8 Å². The molecule has 0 aromatic carbocycles. The van der Waals surface area contributed by atoms with Crippen molar-refractivity contribution in [2.45, 2.75) is 66.2 Å². The first-order valence-corrected chi connectivity index (χ1v) is 7.95. The Bertz CT molecular complexity index is 505. The second-order valence-electron chi connectivity index (χ2n) is 7.13. The van der Waals surface area contributed by atoms with Crippen LogP contribution in [0.25, 0.3) is 4.95 Å². The van der Waals surface area contributed by atoms with Crippen LogP contribution in [0.4, 0.5) is 0 Å². The van der Waals surface area contributed by atoms with E-state index in [-0.39, 0.29) is 17.6 Å². The Kier molecular flexibility index (Phi) is 8.70. The number of carbonyl (C=O) groups excluding carboxylic acids is 3. The summed E-state index contributed by atoms with van der Waals surface area (Å²) in [6, 6.07) is 0. The predicted octanol–water partition coefficient (Wildman–Crippen LogP) is 2.50. The molecule has 0 saturated carbocycles. The first-order valence-electron chi connectivity index (χ1n) is 7.95. The van der Waals surface area contributed by atoms with Crippen LogP contribution in [0.15, 0.2) is 0 Å². The van der Waals surface area contributed by atoms with Crippen molar-refractivity contribution < 1.29 is 14.4 Å². The highest BCUT2D eigenvalue weighted by atomic mass is 16.2. The molecule has 0 aliphatic carbocycles. The SMILES string of the molecule is [C-]#[N+]NC(=O)C(C)(C)CCCC(=O)CCCC(C)(C)C(=O)NC#N. The smallest absolute Gasteiger partial charge is 0.293 e. The van der Waals surface area contributed by atoms with Gasteiger partial charge in [-0.2, -0.15) is 16.8 Å². The van der Waals surface area contributed by atoms with Gasteiger partial charge in [-0.3, -0.25) is 19.7 Å². The second kappa shape index (κ2) is 9.67. The number of hydrogen-bond acceptors (Lipinski definition) is 4. The Morgan fingerprint density at radius 3 is 1.88 bits per heavy atom. The third-order valence-electron chi connectivity index (χ3n) is 4.07. The van der Waals surface area contributed by atoms with Gasteiger partial charge in [0, 0.05) is 18.3 Å². The van der Waals surface area contributed by atoms with Crippen molar-refractivity contribution in [2.75, 3.05) is 0 Å².